The number of carbonyl (C=O) groups is 1. The van der Waals surface area contributed by atoms with Gasteiger partial charge < -0.3 is 4.90 Å². The summed E-state index contributed by atoms with van der Waals surface area (Å²) in [4.78, 5) is 13.4. The fourth-order valence-corrected chi connectivity index (χ4v) is 1.86. The van der Waals surface area contributed by atoms with E-state index in [1.807, 2.05) is 20.9 Å². The summed E-state index contributed by atoms with van der Waals surface area (Å²) in [6.45, 7) is 5.95. The summed E-state index contributed by atoms with van der Waals surface area (Å²) in [5, 5.41) is 0. The lowest BCUT2D eigenvalue weighted by Gasteiger charge is -2.26. The minimum absolute atomic E-state index is 0.105. The SMILES string of the molecule is Cc1ccc(C(C)N(C)C(=O)C(C)Br)cc1. The molecule has 1 amide bonds. The highest BCUT2D eigenvalue weighted by molar-refractivity contribution is 9.10. The van der Waals surface area contributed by atoms with Crippen molar-refractivity contribution in [3.63, 3.8) is 0 Å². The predicted molar refractivity (Wildman–Crippen MR) is 70.8 cm³/mol. The average molecular weight is 284 g/mol. The van der Waals surface area contributed by atoms with Crippen molar-refractivity contribution in [3.05, 3.63) is 35.4 Å². The molecule has 0 aliphatic rings. The molecule has 2 unspecified atom stereocenters. The van der Waals surface area contributed by atoms with Crippen LogP contribution in [-0.4, -0.2) is 22.7 Å². The van der Waals surface area contributed by atoms with Gasteiger partial charge in [0.2, 0.25) is 5.91 Å². The Morgan fingerprint density at radius 3 is 2.19 bits per heavy atom. The minimum atomic E-state index is -0.134. The van der Waals surface area contributed by atoms with Crippen molar-refractivity contribution in [1.29, 1.82) is 0 Å². The molecule has 1 aromatic rings. The third kappa shape index (κ3) is 3.08. The van der Waals surface area contributed by atoms with Crippen LogP contribution in [0, 0.1) is 6.92 Å². The zero-order valence-corrected chi connectivity index (χ0v) is 11.8. The van der Waals surface area contributed by atoms with Crippen molar-refractivity contribution in [2.24, 2.45) is 0 Å². The molecular formula is C13H18BrNO. The molecular weight excluding hydrogens is 266 g/mol. The van der Waals surface area contributed by atoms with Crippen LogP contribution in [0.1, 0.15) is 31.0 Å². The zero-order chi connectivity index (χ0) is 12.3. The molecule has 1 aromatic carbocycles. The molecule has 0 fully saturated rings. The minimum Gasteiger partial charge on any atom is -0.338 e. The van der Waals surface area contributed by atoms with Gasteiger partial charge in [0, 0.05) is 7.05 Å². The molecule has 0 radical (unpaired) electrons. The molecule has 88 valence electrons. The largest absolute Gasteiger partial charge is 0.338 e. The van der Waals surface area contributed by atoms with E-state index < -0.39 is 0 Å². The summed E-state index contributed by atoms with van der Waals surface area (Å²) in [7, 11) is 1.84. The molecule has 0 aromatic heterocycles. The van der Waals surface area contributed by atoms with Gasteiger partial charge in [0.05, 0.1) is 10.9 Å². The monoisotopic (exact) mass is 283 g/mol. The Morgan fingerprint density at radius 2 is 1.75 bits per heavy atom. The molecule has 0 bridgehead atoms. The van der Waals surface area contributed by atoms with Crippen LogP contribution in [0.5, 0.6) is 0 Å². The standard InChI is InChI=1S/C13H18BrNO/c1-9-5-7-12(8-6-9)11(3)15(4)13(16)10(2)14/h5-8,10-11H,1-4H3. The summed E-state index contributed by atoms with van der Waals surface area (Å²) in [6, 6.07) is 8.39. The molecule has 1 rings (SSSR count). The lowest BCUT2D eigenvalue weighted by molar-refractivity contribution is -0.130. The number of nitrogens with zero attached hydrogens (tertiary/aromatic N) is 1. The van der Waals surface area contributed by atoms with Gasteiger partial charge in [0.25, 0.3) is 0 Å². The van der Waals surface area contributed by atoms with Gasteiger partial charge in [-0.25, -0.2) is 0 Å². The summed E-state index contributed by atoms with van der Waals surface area (Å²) in [5.41, 5.74) is 2.40. The van der Waals surface area contributed by atoms with E-state index in [1.54, 1.807) is 4.90 Å². The van der Waals surface area contributed by atoms with Gasteiger partial charge >= 0.3 is 0 Å². The lowest BCUT2D eigenvalue weighted by Crippen LogP contribution is -2.34. The smallest absolute Gasteiger partial charge is 0.236 e. The molecule has 0 aliphatic heterocycles. The van der Waals surface area contributed by atoms with E-state index in [0.29, 0.717) is 0 Å². The molecule has 0 aliphatic carbocycles. The van der Waals surface area contributed by atoms with E-state index in [-0.39, 0.29) is 16.8 Å². The Labute approximate surface area is 106 Å². The van der Waals surface area contributed by atoms with Gasteiger partial charge in [-0.3, -0.25) is 4.79 Å². The maximum atomic E-state index is 11.8. The van der Waals surface area contributed by atoms with Gasteiger partial charge in [-0.15, -0.1) is 0 Å². The van der Waals surface area contributed by atoms with Crippen LogP contribution in [0.15, 0.2) is 24.3 Å². The number of alkyl halides is 1. The molecule has 2 atom stereocenters. The number of aryl methyl sites for hydroxylation is 1. The topological polar surface area (TPSA) is 20.3 Å². The average Bonchev–Trinajstić information content (AvgIpc) is 2.27. The van der Waals surface area contributed by atoms with E-state index in [1.165, 1.54) is 5.56 Å². The number of rotatable bonds is 3. The van der Waals surface area contributed by atoms with Crippen molar-refractivity contribution in [3.8, 4) is 0 Å². The molecule has 0 heterocycles. The van der Waals surface area contributed by atoms with Crippen molar-refractivity contribution in [2.75, 3.05) is 7.05 Å². The highest BCUT2D eigenvalue weighted by atomic mass is 79.9. The Balaban J connectivity index is 2.81. The second-order valence-electron chi connectivity index (χ2n) is 4.15. The highest BCUT2D eigenvalue weighted by Crippen LogP contribution is 2.20. The maximum absolute atomic E-state index is 11.8. The first-order valence-electron chi connectivity index (χ1n) is 5.40. The normalized spacial score (nSPS) is 14.3. The Hall–Kier alpha value is -0.830. The number of carbonyl (C=O) groups excluding carboxylic acids is 1. The zero-order valence-electron chi connectivity index (χ0n) is 10.2. The predicted octanol–water partition coefficient (Wildman–Crippen LogP) is 3.30. The van der Waals surface area contributed by atoms with E-state index in [2.05, 4.69) is 47.1 Å². The summed E-state index contributed by atoms with van der Waals surface area (Å²) < 4.78 is 0. The van der Waals surface area contributed by atoms with E-state index in [4.69, 9.17) is 0 Å². The Kier molecular flexibility index (Phi) is 4.54. The lowest BCUT2D eigenvalue weighted by atomic mass is 10.1. The Morgan fingerprint density at radius 1 is 1.25 bits per heavy atom. The van der Waals surface area contributed by atoms with Gasteiger partial charge in [-0.05, 0) is 26.3 Å². The quantitative estimate of drug-likeness (QED) is 0.780. The first-order chi connectivity index (χ1) is 7.43. The van der Waals surface area contributed by atoms with Gasteiger partial charge in [0.15, 0.2) is 0 Å². The fourth-order valence-electron chi connectivity index (χ4n) is 1.54. The summed E-state index contributed by atoms with van der Waals surface area (Å²) >= 11 is 3.30. The molecule has 0 saturated carbocycles. The van der Waals surface area contributed by atoms with Crippen LogP contribution in [0.25, 0.3) is 0 Å². The van der Waals surface area contributed by atoms with Gasteiger partial charge in [0.1, 0.15) is 0 Å². The van der Waals surface area contributed by atoms with E-state index >= 15 is 0 Å². The first kappa shape index (κ1) is 13.2. The third-order valence-electron chi connectivity index (χ3n) is 2.83. The molecule has 0 saturated heterocycles. The van der Waals surface area contributed by atoms with E-state index in [9.17, 15) is 4.79 Å². The summed E-state index contributed by atoms with van der Waals surface area (Å²) in [5.74, 6) is 0.105. The first-order valence-corrected chi connectivity index (χ1v) is 6.32. The molecule has 3 heteroatoms. The number of benzene rings is 1. The van der Waals surface area contributed by atoms with Gasteiger partial charge in [-0.1, -0.05) is 45.8 Å². The molecule has 16 heavy (non-hydrogen) atoms. The van der Waals surface area contributed by atoms with E-state index in [0.717, 1.165) is 5.56 Å². The van der Waals surface area contributed by atoms with Crippen LogP contribution >= 0.6 is 15.9 Å². The highest BCUT2D eigenvalue weighted by Gasteiger charge is 2.20. The van der Waals surface area contributed by atoms with Crippen molar-refractivity contribution in [2.45, 2.75) is 31.6 Å². The van der Waals surface area contributed by atoms with Gasteiger partial charge in [-0.2, -0.15) is 0 Å². The second-order valence-corrected chi connectivity index (χ2v) is 5.53. The van der Waals surface area contributed by atoms with Crippen molar-refractivity contribution < 1.29 is 4.79 Å². The number of amides is 1. The van der Waals surface area contributed by atoms with Crippen LogP contribution in [-0.2, 0) is 4.79 Å². The number of hydrogen-bond acceptors (Lipinski definition) is 1. The van der Waals surface area contributed by atoms with Crippen molar-refractivity contribution >= 4 is 21.8 Å². The van der Waals surface area contributed by atoms with Crippen LogP contribution < -0.4 is 0 Å². The number of halogens is 1. The molecule has 0 spiro atoms. The van der Waals surface area contributed by atoms with Crippen molar-refractivity contribution in [1.82, 2.24) is 4.90 Å². The second kappa shape index (κ2) is 5.48. The van der Waals surface area contributed by atoms with Crippen LogP contribution in [0.3, 0.4) is 0 Å². The number of hydrogen-bond donors (Lipinski definition) is 0. The summed E-state index contributed by atoms with van der Waals surface area (Å²) in [6.07, 6.45) is 0. The Bertz CT molecular complexity index is 359. The molecule has 0 N–H and O–H groups in total. The van der Waals surface area contributed by atoms with Crippen LogP contribution in [0.2, 0.25) is 0 Å². The maximum Gasteiger partial charge on any atom is 0.236 e. The third-order valence-corrected chi connectivity index (χ3v) is 3.22. The fraction of sp³-hybridized carbons (Fsp3) is 0.462. The molecule has 2 nitrogen and oxygen atoms in total. The van der Waals surface area contributed by atoms with Crippen LogP contribution in [0.4, 0.5) is 0 Å².